The number of cyclic esters (lactones) is 1. The van der Waals surface area contributed by atoms with Crippen LogP contribution in [0.2, 0.25) is 18.1 Å². The summed E-state index contributed by atoms with van der Waals surface area (Å²) in [6.45, 7) is 19.2. The van der Waals surface area contributed by atoms with Gasteiger partial charge in [-0.1, -0.05) is 65.0 Å². The second-order valence-corrected chi connectivity index (χ2v) is 20.4. The first kappa shape index (κ1) is 45.4. The van der Waals surface area contributed by atoms with Crippen LogP contribution in [-0.2, 0) is 59.0 Å². The van der Waals surface area contributed by atoms with E-state index in [1.54, 1.807) is 7.11 Å². The zero-order valence-corrected chi connectivity index (χ0v) is 34.3. The third-order valence-electron chi connectivity index (χ3n) is 10.2. The van der Waals surface area contributed by atoms with E-state index in [-0.39, 0.29) is 31.3 Å². The van der Waals surface area contributed by atoms with Crippen LogP contribution in [0.4, 0.5) is 0 Å². The third kappa shape index (κ3) is 15.3. The molecule has 2 rings (SSSR count). The normalized spacial score (nSPS) is 23.1. The predicted octanol–water partition coefficient (Wildman–Crippen LogP) is 6.55. The number of esters is 1. The maximum absolute atomic E-state index is 14.1. The first-order valence-corrected chi connectivity index (χ1v) is 21.1. The topological polar surface area (TPSA) is 120 Å². The molecular formula is C39H68O11Si. The van der Waals surface area contributed by atoms with Gasteiger partial charge >= 0.3 is 5.97 Å². The monoisotopic (exact) mass is 740 g/mol. The van der Waals surface area contributed by atoms with Crippen LogP contribution >= 0.6 is 0 Å². The predicted molar refractivity (Wildman–Crippen MR) is 200 cm³/mol. The standard InChI is InChI=1S/C39H68O11Si/c1-29(22-31(25-46-28-45-21-20-42-7)18-19-49-51(10,11)38(2,3)4)33-16-13-17-35(40)39(5,6)32-15-12-14-30(23-32)24-34(47-26-43-8)36(37(41)50-33)48-27-44-9/h12,14-15,22-23,31,33-36,40H,13,16-21,24-28H2,1-11H3/b29-22-/t31-,33?,34-,35+,36+/m1/s1. The van der Waals surface area contributed by atoms with E-state index in [1.807, 2.05) is 25.1 Å². The van der Waals surface area contributed by atoms with Gasteiger partial charge in [0.1, 0.15) is 32.6 Å². The highest BCUT2D eigenvalue weighted by Gasteiger charge is 2.38. The first-order valence-electron chi connectivity index (χ1n) is 18.2. The molecule has 1 aliphatic rings. The fourth-order valence-corrected chi connectivity index (χ4v) is 6.74. The third-order valence-corrected chi connectivity index (χ3v) is 14.7. The van der Waals surface area contributed by atoms with Gasteiger partial charge < -0.3 is 47.4 Å². The molecule has 2 bridgehead atoms. The van der Waals surface area contributed by atoms with Gasteiger partial charge in [-0.25, -0.2) is 4.79 Å². The molecule has 1 heterocycles. The number of aliphatic hydroxyl groups excluding tert-OH is 1. The van der Waals surface area contributed by atoms with E-state index < -0.39 is 44.1 Å². The van der Waals surface area contributed by atoms with Crippen LogP contribution in [0.1, 0.15) is 78.4 Å². The number of benzene rings is 1. The minimum atomic E-state index is -1.96. The molecule has 51 heavy (non-hydrogen) atoms. The molecule has 294 valence electrons. The lowest BCUT2D eigenvalue weighted by Crippen LogP contribution is -2.43. The number of aliphatic hydroxyl groups is 1. The molecule has 0 aromatic heterocycles. The molecular weight excluding hydrogens is 673 g/mol. The van der Waals surface area contributed by atoms with Crippen LogP contribution in [0.25, 0.3) is 0 Å². The molecule has 0 saturated heterocycles. The Bertz CT molecular complexity index is 1170. The van der Waals surface area contributed by atoms with Crippen molar-refractivity contribution in [1.82, 2.24) is 0 Å². The number of hydrogen-bond donors (Lipinski definition) is 1. The SMILES string of the molecule is COCCOCOC[C@@H](/C=C(/C)C1CCC[C@H](O)C(C)(C)c2cccc(c2)C[C@@H](OCOC)[C@H](OCOC)C(=O)O1)CCO[Si](C)(C)C(C)(C)C. The lowest BCUT2D eigenvalue weighted by molar-refractivity contribution is -0.192. The van der Waals surface area contributed by atoms with Crippen molar-refractivity contribution in [2.45, 2.75) is 122 Å². The Labute approximate surface area is 308 Å². The molecule has 1 aromatic carbocycles. The lowest BCUT2D eigenvalue weighted by atomic mass is 9.76. The minimum absolute atomic E-state index is 0.0273. The van der Waals surface area contributed by atoms with Gasteiger partial charge in [0.2, 0.25) is 0 Å². The Morgan fingerprint density at radius 2 is 1.71 bits per heavy atom. The van der Waals surface area contributed by atoms with Crippen LogP contribution < -0.4 is 0 Å². The Balaban J connectivity index is 2.45. The summed E-state index contributed by atoms with van der Waals surface area (Å²) in [6, 6.07) is 8.04. The number of hydrogen-bond acceptors (Lipinski definition) is 11. The maximum Gasteiger partial charge on any atom is 0.338 e. The molecule has 0 fully saturated rings. The van der Waals surface area contributed by atoms with Crippen LogP contribution in [0, 0.1) is 5.92 Å². The molecule has 1 aromatic rings. The van der Waals surface area contributed by atoms with Gasteiger partial charge in [0.05, 0.1) is 25.9 Å². The van der Waals surface area contributed by atoms with Crippen molar-refractivity contribution in [2.24, 2.45) is 5.92 Å². The van der Waals surface area contributed by atoms with E-state index in [0.29, 0.717) is 52.1 Å². The number of carbonyl (C=O) groups is 1. The van der Waals surface area contributed by atoms with Gasteiger partial charge in [0.25, 0.3) is 0 Å². The van der Waals surface area contributed by atoms with Crippen molar-refractivity contribution in [2.75, 3.05) is 68.1 Å². The van der Waals surface area contributed by atoms with E-state index in [0.717, 1.165) is 23.1 Å². The van der Waals surface area contributed by atoms with Gasteiger partial charge in [-0.05, 0) is 67.4 Å². The highest BCUT2D eigenvalue weighted by molar-refractivity contribution is 6.74. The highest BCUT2D eigenvalue weighted by atomic mass is 28.4. The summed E-state index contributed by atoms with van der Waals surface area (Å²) in [6.07, 6.45) is 1.88. The zero-order valence-electron chi connectivity index (χ0n) is 33.3. The van der Waals surface area contributed by atoms with Gasteiger partial charge in [-0.15, -0.1) is 0 Å². The summed E-state index contributed by atoms with van der Waals surface area (Å²) in [7, 11) is 2.71. The number of fused-ring (bicyclic) bond motifs is 2. The average molecular weight is 741 g/mol. The second kappa shape index (κ2) is 22.5. The summed E-state index contributed by atoms with van der Waals surface area (Å²) in [5, 5.41) is 11.5. The van der Waals surface area contributed by atoms with Gasteiger partial charge in [-0.2, -0.15) is 0 Å². The molecule has 1 unspecified atom stereocenters. The van der Waals surface area contributed by atoms with Gasteiger partial charge in [-0.3, -0.25) is 0 Å². The molecule has 0 spiro atoms. The molecule has 0 aliphatic carbocycles. The highest BCUT2D eigenvalue weighted by Crippen LogP contribution is 2.37. The number of carbonyl (C=O) groups excluding carboxylic acids is 1. The second-order valence-electron chi connectivity index (χ2n) is 15.6. The molecule has 1 N–H and O–H groups in total. The van der Waals surface area contributed by atoms with E-state index in [9.17, 15) is 9.90 Å². The Kier molecular flexibility index (Phi) is 20.0. The Morgan fingerprint density at radius 3 is 2.37 bits per heavy atom. The van der Waals surface area contributed by atoms with Crippen molar-refractivity contribution < 1.29 is 52.2 Å². The fourth-order valence-electron chi connectivity index (χ4n) is 5.68. The molecule has 11 nitrogen and oxygen atoms in total. The zero-order chi connectivity index (χ0) is 38.1. The van der Waals surface area contributed by atoms with Gasteiger partial charge in [0, 0.05) is 45.7 Å². The summed E-state index contributed by atoms with van der Waals surface area (Å²) in [5.41, 5.74) is 2.32. The van der Waals surface area contributed by atoms with Crippen molar-refractivity contribution >= 4 is 14.3 Å². The number of rotatable bonds is 19. The molecule has 0 amide bonds. The van der Waals surface area contributed by atoms with Crippen LogP contribution in [0.3, 0.4) is 0 Å². The van der Waals surface area contributed by atoms with Crippen LogP contribution in [0.5, 0.6) is 0 Å². The molecule has 12 heteroatoms. The minimum Gasteiger partial charge on any atom is -0.456 e. The largest absolute Gasteiger partial charge is 0.456 e. The summed E-state index contributed by atoms with van der Waals surface area (Å²) in [5.74, 6) is -0.582. The van der Waals surface area contributed by atoms with E-state index in [1.165, 1.54) is 14.2 Å². The fraction of sp³-hybridized carbons (Fsp3) is 0.769. The van der Waals surface area contributed by atoms with Crippen molar-refractivity contribution in [3.63, 3.8) is 0 Å². The van der Waals surface area contributed by atoms with Crippen molar-refractivity contribution in [3.8, 4) is 0 Å². The number of methoxy groups -OCH3 is 3. The van der Waals surface area contributed by atoms with E-state index in [4.69, 9.17) is 42.3 Å². The average Bonchev–Trinajstić information content (AvgIpc) is 3.07. The Morgan fingerprint density at radius 1 is 1.00 bits per heavy atom. The quantitative estimate of drug-likeness (QED) is 0.0547. The number of ether oxygens (including phenoxy) is 8. The summed E-state index contributed by atoms with van der Waals surface area (Å²) >= 11 is 0. The molecule has 5 atom stereocenters. The Hall–Kier alpha value is -1.71. The van der Waals surface area contributed by atoms with E-state index in [2.05, 4.69) is 59.9 Å². The van der Waals surface area contributed by atoms with Crippen LogP contribution in [-0.4, -0.2) is 112 Å². The van der Waals surface area contributed by atoms with Gasteiger partial charge in [0.15, 0.2) is 14.4 Å². The summed E-state index contributed by atoms with van der Waals surface area (Å²) in [4.78, 5) is 14.1. The van der Waals surface area contributed by atoms with Crippen LogP contribution in [0.15, 0.2) is 35.9 Å². The van der Waals surface area contributed by atoms with Crippen molar-refractivity contribution in [3.05, 3.63) is 47.0 Å². The molecule has 0 saturated carbocycles. The maximum atomic E-state index is 14.1. The lowest BCUT2D eigenvalue weighted by Gasteiger charge is -2.36. The summed E-state index contributed by atoms with van der Waals surface area (Å²) < 4.78 is 51.9. The molecule has 0 radical (unpaired) electrons. The molecule has 1 aliphatic heterocycles. The van der Waals surface area contributed by atoms with E-state index >= 15 is 0 Å². The van der Waals surface area contributed by atoms with Crippen molar-refractivity contribution in [1.29, 1.82) is 0 Å². The first-order chi connectivity index (χ1) is 24.1. The smallest absolute Gasteiger partial charge is 0.338 e.